The number of hydrazone groups is 1. The zero-order chi connectivity index (χ0) is 16.8. The molecule has 7 nitrogen and oxygen atoms in total. The van der Waals surface area contributed by atoms with E-state index in [1.807, 2.05) is 12.1 Å². The standard InChI is InChI=1S/C16H19N3O4/c1-3-23-16(22)10-19-15(21)9-8-14(18-19)12-4-6-13(7-5-12)17-11(2)20/h4-7H,3,8-10H2,1-2H3,(H,17,20). The van der Waals surface area contributed by atoms with E-state index in [0.29, 0.717) is 18.5 Å². The molecule has 0 bridgehead atoms. The number of esters is 1. The minimum atomic E-state index is -0.480. The summed E-state index contributed by atoms with van der Waals surface area (Å²) in [6, 6.07) is 7.18. The van der Waals surface area contributed by atoms with Crippen LogP contribution < -0.4 is 5.32 Å². The molecule has 1 heterocycles. The lowest BCUT2D eigenvalue weighted by molar-refractivity contribution is -0.149. The van der Waals surface area contributed by atoms with Gasteiger partial charge in [0, 0.05) is 25.5 Å². The molecule has 7 heteroatoms. The van der Waals surface area contributed by atoms with Crippen LogP contribution in [0.3, 0.4) is 0 Å². The molecule has 1 aromatic carbocycles. The normalized spacial score (nSPS) is 14.3. The van der Waals surface area contributed by atoms with Crippen molar-refractivity contribution in [2.45, 2.75) is 26.7 Å². The molecule has 0 unspecified atom stereocenters. The van der Waals surface area contributed by atoms with E-state index in [2.05, 4.69) is 10.4 Å². The van der Waals surface area contributed by atoms with Gasteiger partial charge in [0.25, 0.3) is 0 Å². The number of carbonyl (C=O) groups excluding carboxylic acids is 3. The van der Waals surface area contributed by atoms with Gasteiger partial charge in [0.05, 0.1) is 12.3 Å². The molecule has 0 aromatic heterocycles. The van der Waals surface area contributed by atoms with Gasteiger partial charge in [-0.3, -0.25) is 14.4 Å². The van der Waals surface area contributed by atoms with Gasteiger partial charge in [-0.15, -0.1) is 0 Å². The molecule has 0 radical (unpaired) electrons. The third-order valence-corrected chi connectivity index (χ3v) is 3.23. The minimum absolute atomic E-state index is 0.140. The van der Waals surface area contributed by atoms with Crippen LogP contribution in [0.2, 0.25) is 0 Å². The summed E-state index contributed by atoms with van der Waals surface area (Å²) in [5.41, 5.74) is 2.26. The smallest absolute Gasteiger partial charge is 0.327 e. The van der Waals surface area contributed by atoms with E-state index < -0.39 is 5.97 Å². The lowest BCUT2D eigenvalue weighted by atomic mass is 10.0. The fraction of sp³-hybridized carbons (Fsp3) is 0.375. The number of amides is 2. The molecule has 2 amide bonds. The molecule has 122 valence electrons. The molecule has 0 aliphatic carbocycles. The van der Waals surface area contributed by atoms with Gasteiger partial charge in [-0.1, -0.05) is 12.1 Å². The van der Waals surface area contributed by atoms with E-state index in [-0.39, 0.29) is 25.0 Å². The maximum absolute atomic E-state index is 11.8. The molecule has 0 saturated carbocycles. The summed E-state index contributed by atoms with van der Waals surface area (Å²) in [5, 5.41) is 8.10. The van der Waals surface area contributed by atoms with Crippen LogP contribution in [-0.2, 0) is 19.1 Å². The average Bonchev–Trinajstić information content (AvgIpc) is 2.50. The second kappa shape index (κ2) is 7.53. The zero-order valence-corrected chi connectivity index (χ0v) is 13.2. The molecule has 1 aliphatic rings. The van der Waals surface area contributed by atoms with Crippen LogP contribution in [0.15, 0.2) is 29.4 Å². The lowest BCUT2D eigenvalue weighted by Crippen LogP contribution is -2.36. The van der Waals surface area contributed by atoms with Crippen molar-refractivity contribution in [1.29, 1.82) is 0 Å². The first-order valence-electron chi connectivity index (χ1n) is 7.41. The Hall–Kier alpha value is -2.70. The zero-order valence-electron chi connectivity index (χ0n) is 13.2. The predicted molar refractivity (Wildman–Crippen MR) is 84.9 cm³/mol. The molecule has 2 rings (SSSR count). The van der Waals surface area contributed by atoms with Crippen molar-refractivity contribution in [3.05, 3.63) is 29.8 Å². The quantitative estimate of drug-likeness (QED) is 0.834. The first-order chi connectivity index (χ1) is 11.0. The van der Waals surface area contributed by atoms with Crippen molar-refractivity contribution in [1.82, 2.24) is 5.01 Å². The lowest BCUT2D eigenvalue weighted by Gasteiger charge is -2.22. The number of carbonyl (C=O) groups is 3. The fourth-order valence-corrected chi connectivity index (χ4v) is 2.21. The van der Waals surface area contributed by atoms with Crippen molar-refractivity contribution < 1.29 is 19.1 Å². The molecule has 23 heavy (non-hydrogen) atoms. The molecule has 1 aromatic rings. The van der Waals surface area contributed by atoms with Gasteiger partial charge in [-0.2, -0.15) is 5.10 Å². The third-order valence-electron chi connectivity index (χ3n) is 3.23. The molecule has 0 spiro atoms. The summed E-state index contributed by atoms with van der Waals surface area (Å²) in [5.74, 6) is -0.817. The highest BCUT2D eigenvalue weighted by molar-refractivity contribution is 6.04. The highest BCUT2D eigenvalue weighted by atomic mass is 16.5. The van der Waals surface area contributed by atoms with Crippen LogP contribution in [0.4, 0.5) is 5.69 Å². The Kier molecular flexibility index (Phi) is 5.46. The number of nitrogens with one attached hydrogen (secondary N) is 1. The number of benzene rings is 1. The van der Waals surface area contributed by atoms with Crippen LogP contribution in [-0.4, -0.2) is 41.7 Å². The molecular weight excluding hydrogens is 298 g/mol. The Labute approximate surface area is 134 Å². The van der Waals surface area contributed by atoms with E-state index in [9.17, 15) is 14.4 Å². The molecule has 0 atom stereocenters. The monoisotopic (exact) mass is 317 g/mol. The van der Waals surface area contributed by atoms with Gasteiger partial charge in [-0.25, -0.2) is 5.01 Å². The Bertz CT molecular complexity index is 637. The van der Waals surface area contributed by atoms with E-state index in [4.69, 9.17) is 4.74 Å². The molecule has 0 fully saturated rings. The van der Waals surface area contributed by atoms with E-state index in [1.165, 1.54) is 6.92 Å². The minimum Gasteiger partial charge on any atom is -0.465 e. The number of anilines is 1. The summed E-state index contributed by atoms with van der Waals surface area (Å²) in [6.07, 6.45) is 0.809. The Balaban J connectivity index is 2.13. The van der Waals surface area contributed by atoms with Crippen LogP contribution >= 0.6 is 0 Å². The van der Waals surface area contributed by atoms with Gasteiger partial charge in [0.15, 0.2) is 0 Å². The van der Waals surface area contributed by atoms with E-state index in [1.54, 1.807) is 19.1 Å². The van der Waals surface area contributed by atoms with Gasteiger partial charge in [-0.05, 0) is 24.6 Å². The first-order valence-corrected chi connectivity index (χ1v) is 7.41. The number of ether oxygens (including phenoxy) is 1. The van der Waals surface area contributed by atoms with Crippen LogP contribution in [0.25, 0.3) is 0 Å². The number of rotatable bonds is 5. The van der Waals surface area contributed by atoms with Crippen molar-refractivity contribution >= 4 is 29.2 Å². The average molecular weight is 317 g/mol. The Morgan fingerprint density at radius 1 is 1.26 bits per heavy atom. The van der Waals surface area contributed by atoms with E-state index >= 15 is 0 Å². The summed E-state index contributed by atoms with van der Waals surface area (Å²) in [4.78, 5) is 34.4. The molecular formula is C16H19N3O4. The largest absolute Gasteiger partial charge is 0.465 e. The third kappa shape index (κ3) is 4.64. The summed E-state index contributed by atoms with van der Waals surface area (Å²) >= 11 is 0. The second-order valence-electron chi connectivity index (χ2n) is 5.06. The highest BCUT2D eigenvalue weighted by Crippen LogP contribution is 2.17. The van der Waals surface area contributed by atoms with E-state index in [0.717, 1.165) is 16.3 Å². The van der Waals surface area contributed by atoms with Crippen molar-refractivity contribution in [3.8, 4) is 0 Å². The summed E-state index contributed by atoms with van der Waals surface area (Å²) in [7, 11) is 0. The predicted octanol–water partition coefficient (Wildman–Crippen LogP) is 1.53. The van der Waals surface area contributed by atoms with Gasteiger partial charge in [0.2, 0.25) is 11.8 Å². The summed E-state index contributed by atoms with van der Waals surface area (Å²) in [6.45, 7) is 3.24. The maximum Gasteiger partial charge on any atom is 0.327 e. The molecule has 1 N–H and O–H groups in total. The highest BCUT2D eigenvalue weighted by Gasteiger charge is 2.23. The first kappa shape index (κ1) is 16.7. The SMILES string of the molecule is CCOC(=O)CN1N=C(c2ccc(NC(C)=O)cc2)CCC1=O. The molecule has 0 saturated heterocycles. The second-order valence-corrected chi connectivity index (χ2v) is 5.06. The van der Waals surface area contributed by atoms with Crippen molar-refractivity contribution in [2.75, 3.05) is 18.5 Å². The van der Waals surface area contributed by atoms with Crippen molar-refractivity contribution in [3.63, 3.8) is 0 Å². The number of hydrogen-bond acceptors (Lipinski definition) is 5. The van der Waals surface area contributed by atoms with Crippen LogP contribution in [0.5, 0.6) is 0 Å². The summed E-state index contributed by atoms with van der Waals surface area (Å²) < 4.78 is 4.84. The Morgan fingerprint density at radius 3 is 2.57 bits per heavy atom. The number of nitrogens with zero attached hydrogens (tertiary/aromatic N) is 2. The van der Waals surface area contributed by atoms with Crippen LogP contribution in [0.1, 0.15) is 32.3 Å². The maximum atomic E-state index is 11.8. The van der Waals surface area contributed by atoms with Gasteiger partial charge >= 0.3 is 5.97 Å². The Morgan fingerprint density at radius 2 is 1.96 bits per heavy atom. The topological polar surface area (TPSA) is 88.1 Å². The van der Waals surface area contributed by atoms with Gasteiger partial charge in [0.1, 0.15) is 6.54 Å². The fourth-order valence-electron chi connectivity index (χ4n) is 2.21. The number of hydrogen-bond donors (Lipinski definition) is 1. The molecule has 1 aliphatic heterocycles. The van der Waals surface area contributed by atoms with Crippen molar-refractivity contribution in [2.24, 2.45) is 5.10 Å². The van der Waals surface area contributed by atoms with Gasteiger partial charge < -0.3 is 10.1 Å². The van der Waals surface area contributed by atoms with Crippen LogP contribution in [0, 0.1) is 0 Å².